The van der Waals surface area contributed by atoms with Crippen LogP contribution in [0, 0.1) is 10.1 Å². The second kappa shape index (κ2) is 5.89. The zero-order chi connectivity index (χ0) is 15.5. The second-order valence-corrected chi connectivity index (χ2v) is 5.94. The molecule has 1 aromatic heterocycles. The van der Waals surface area contributed by atoms with Crippen LogP contribution in [0.4, 0.5) is 11.4 Å². The molecule has 112 valence electrons. The first-order valence-corrected chi connectivity index (χ1v) is 7.39. The number of aromatic nitrogens is 2. The van der Waals surface area contributed by atoms with E-state index in [9.17, 15) is 18.5 Å². The number of H-pyrrole nitrogens is 1. The summed E-state index contributed by atoms with van der Waals surface area (Å²) in [5.41, 5.74) is 5.87. The van der Waals surface area contributed by atoms with Crippen molar-refractivity contribution in [3.05, 3.63) is 46.5 Å². The van der Waals surface area contributed by atoms with Crippen LogP contribution in [0.15, 0.2) is 35.6 Å². The smallest absolute Gasteiger partial charge is 0.289 e. The average molecular weight is 311 g/mol. The van der Waals surface area contributed by atoms with E-state index in [1.807, 2.05) is 0 Å². The van der Waals surface area contributed by atoms with E-state index in [4.69, 9.17) is 5.73 Å². The molecular formula is C11H13N5O4S. The molecule has 0 aliphatic carbocycles. The monoisotopic (exact) mass is 311 g/mol. The van der Waals surface area contributed by atoms with Crippen molar-refractivity contribution in [2.24, 2.45) is 0 Å². The van der Waals surface area contributed by atoms with E-state index in [1.54, 1.807) is 6.20 Å². The van der Waals surface area contributed by atoms with Gasteiger partial charge < -0.3 is 10.7 Å². The normalized spacial score (nSPS) is 11.4. The highest BCUT2D eigenvalue weighted by molar-refractivity contribution is 7.89. The molecule has 0 saturated carbocycles. The van der Waals surface area contributed by atoms with Crippen molar-refractivity contribution < 1.29 is 13.3 Å². The lowest BCUT2D eigenvalue weighted by Gasteiger charge is -2.07. The Hall–Kier alpha value is -2.46. The lowest BCUT2D eigenvalue weighted by atomic mass is 10.3. The predicted octanol–water partition coefficient (Wildman–Crippen LogP) is 0.421. The Morgan fingerprint density at radius 3 is 2.81 bits per heavy atom. The number of imidazole rings is 1. The van der Waals surface area contributed by atoms with Gasteiger partial charge in [-0.2, -0.15) is 0 Å². The molecule has 2 rings (SSSR count). The number of nitro benzene ring substituents is 1. The van der Waals surface area contributed by atoms with E-state index in [0.29, 0.717) is 6.42 Å². The third kappa shape index (κ3) is 3.55. The van der Waals surface area contributed by atoms with Crippen LogP contribution in [0.5, 0.6) is 0 Å². The first-order chi connectivity index (χ1) is 9.90. The van der Waals surface area contributed by atoms with E-state index in [-0.39, 0.29) is 12.2 Å². The van der Waals surface area contributed by atoms with Gasteiger partial charge in [0.05, 0.1) is 11.3 Å². The molecule has 0 spiro atoms. The maximum absolute atomic E-state index is 12.1. The highest BCUT2D eigenvalue weighted by atomic mass is 32.2. The number of nitrogens with two attached hydrogens (primary N) is 1. The van der Waals surface area contributed by atoms with Gasteiger partial charge >= 0.3 is 0 Å². The highest BCUT2D eigenvalue weighted by Crippen LogP contribution is 2.25. The van der Waals surface area contributed by atoms with Gasteiger partial charge in [-0.05, 0) is 12.1 Å². The van der Waals surface area contributed by atoms with Crippen LogP contribution in [0.25, 0.3) is 0 Å². The number of anilines is 1. The molecule has 1 aromatic carbocycles. The molecule has 0 aliphatic heterocycles. The van der Waals surface area contributed by atoms with E-state index < -0.39 is 25.5 Å². The molecule has 0 aliphatic rings. The van der Waals surface area contributed by atoms with Crippen molar-refractivity contribution >= 4 is 21.4 Å². The number of benzene rings is 1. The van der Waals surface area contributed by atoms with Gasteiger partial charge in [0.2, 0.25) is 10.0 Å². The molecule has 0 radical (unpaired) electrons. The van der Waals surface area contributed by atoms with E-state index in [2.05, 4.69) is 14.7 Å². The van der Waals surface area contributed by atoms with Crippen LogP contribution in [-0.4, -0.2) is 29.9 Å². The number of hydrogen-bond acceptors (Lipinski definition) is 6. The fourth-order valence-electron chi connectivity index (χ4n) is 1.72. The molecule has 0 fully saturated rings. The van der Waals surface area contributed by atoms with Gasteiger partial charge in [-0.3, -0.25) is 10.1 Å². The number of aromatic amines is 1. The fourth-order valence-corrected chi connectivity index (χ4v) is 2.95. The molecule has 0 amide bonds. The van der Waals surface area contributed by atoms with Gasteiger partial charge in [-0.15, -0.1) is 0 Å². The fraction of sp³-hybridized carbons (Fsp3) is 0.182. The van der Waals surface area contributed by atoms with Crippen molar-refractivity contribution in [1.82, 2.24) is 14.7 Å². The largest absolute Gasteiger partial charge is 0.399 e. The molecule has 4 N–H and O–H groups in total. The lowest BCUT2D eigenvalue weighted by molar-refractivity contribution is -0.387. The van der Waals surface area contributed by atoms with E-state index in [0.717, 1.165) is 17.8 Å². The van der Waals surface area contributed by atoms with E-state index in [1.165, 1.54) is 12.4 Å². The Labute approximate surface area is 120 Å². The standard InChI is InChI=1S/C11H13N5O4S/c12-8-1-2-10(16(17)18)11(5-8)21(19,20)15-4-3-9-6-13-7-14-9/h1-2,5-7,15H,3-4,12H2,(H,13,14). The van der Waals surface area contributed by atoms with Crippen molar-refractivity contribution in [3.8, 4) is 0 Å². The molecule has 9 nitrogen and oxygen atoms in total. The first kappa shape index (κ1) is 14.9. The summed E-state index contributed by atoms with van der Waals surface area (Å²) in [4.78, 5) is 16.3. The number of nitrogen functional groups attached to an aromatic ring is 1. The summed E-state index contributed by atoms with van der Waals surface area (Å²) in [5, 5.41) is 10.9. The van der Waals surface area contributed by atoms with Crippen molar-refractivity contribution in [1.29, 1.82) is 0 Å². The Morgan fingerprint density at radius 1 is 1.43 bits per heavy atom. The molecule has 10 heteroatoms. The second-order valence-electron chi connectivity index (χ2n) is 4.21. The van der Waals surface area contributed by atoms with Gasteiger partial charge in [-0.25, -0.2) is 18.1 Å². The molecule has 0 bridgehead atoms. The Bertz CT molecular complexity index is 742. The first-order valence-electron chi connectivity index (χ1n) is 5.91. The van der Waals surface area contributed by atoms with Crippen LogP contribution in [-0.2, 0) is 16.4 Å². The molecule has 21 heavy (non-hydrogen) atoms. The maximum atomic E-state index is 12.1. The van der Waals surface area contributed by atoms with Crippen molar-refractivity contribution in [3.63, 3.8) is 0 Å². The SMILES string of the molecule is Nc1ccc([N+](=O)[O-])c(S(=O)(=O)NCCc2cnc[nH]2)c1. The summed E-state index contributed by atoms with van der Waals surface area (Å²) >= 11 is 0. The maximum Gasteiger partial charge on any atom is 0.289 e. The molecular weight excluding hydrogens is 298 g/mol. The van der Waals surface area contributed by atoms with Gasteiger partial charge in [0.25, 0.3) is 5.69 Å². The summed E-state index contributed by atoms with van der Waals surface area (Å²) in [7, 11) is -4.02. The summed E-state index contributed by atoms with van der Waals surface area (Å²) in [6.45, 7) is 0.0798. The van der Waals surface area contributed by atoms with Gasteiger partial charge in [-0.1, -0.05) is 0 Å². The highest BCUT2D eigenvalue weighted by Gasteiger charge is 2.25. The van der Waals surface area contributed by atoms with Gasteiger partial charge in [0.15, 0.2) is 4.90 Å². The van der Waals surface area contributed by atoms with Crippen LogP contribution in [0.2, 0.25) is 0 Å². The quantitative estimate of drug-likeness (QED) is 0.400. The number of sulfonamides is 1. The minimum atomic E-state index is -4.02. The van der Waals surface area contributed by atoms with Crippen molar-refractivity contribution in [2.75, 3.05) is 12.3 Å². The number of nitrogens with one attached hydrogen (secondary N) is 2. The van der Waals surface area contributed by atoms with Gasteiger partial charge in [0, 0.05) is 36.6 Å². The predicted molar refractivity (Wildman–Crippen MR) is 75.0 cm³/mol. The Kier molecular flexibility index (Phi) is 4.19. The molecule has 2 aromatic rings. The van der Waals surface area contributed by atoms with Gasteiger partial charge in [0.1, 0.15) is 0 Å². The van der Waals surface area contributed by atoms with E-state index >= 15 is 0 Å². The van der Waals surface area contributed by atoms with Crippen LogP contribution in [0.3, 0.4) is 0 Å². The number of rotatable bonds is 6. The summed E-state index contributed by atoms with van der Waals surface area (Å²) in [5.74, 6) is 0. The molecule has 0 unspecified atom stereocenters. The Balaban J connectivity index is 2.19. The van der Waals surface area contributed by atoms with Crippen molar-refractivity contribution in [2.45, 2.75) is 11.3 Å². The molecule has 0 saturated heterocycles. The lowest BCUT2D eigenvalue weighted by Crippen LogP contribution is -2.26. The Morgan fingerprint density at radius 2 is 2.19 bits per heavy atom. The molecule has 0 atom stereocenters. The topological polar surface area (TPSA) is 144 Å². The molecule has 1 heterocycles. The zero-order valence-electron chi connectivity index (χ0n) is 10.8. The minimum Gasteiger partial charge on any atom is -0.399 e. The zero-order valence-corrected chi connectivity index (χ0v) is 11.6. The summed E-state index contributed by atoms with van der Waals surface area (Å²) in [6.07, 6.45) is 3.43. The van der Waals surface area contributed by atoms with Crippen LogP contribution < -0.4 is 10.5 Å². The van der Waals surface area contributed by atoms with Crippen LogP contribution in [0.1, 0.15) is 5.69 Å². The number of nitrogens with zero attached hydrogens (tertiary/aromatic N) is 2. The third-order valence-electron chi connectivity index (χ3n) is 2.71. The summed E-state index contributed by atoms with van der Waals surface area (Å²) in [6, 6.07) is 3.41. The average Bonchev–Trinajstić information content (AvgIpc) is 2.91. The number of hydrogen-bond donors (Lipinski definition) is 3. The minimum absolute atomic E-state index is 0.0798. The third-order valence-corrected chi connectivity index (χ3v) is 4.20. The van der Waals surface area contributed by atoms with Crippen LogP contribution >= 0.6 is 0 Å². The number of nitro groups is 1. The summed E-state index contributed by atoms with van der Waals surface area (Å²) < 4.78 is 26.6.